The molecule has 7 heteroatoms. The van der Waals surface area contributed by atoms with Crippen LogP contribution in [0, 0.1) is 0 Å². The first-order valence-corrected chi connectivity index (χ1v) is 8.39. The Morgan fingerprint density at radius 1 is 1.25 bits per heavy atom. The van der Waals surface area contributed by atoms with Gasteiger partial charge in [-0.2, -0.15) is 0 Å². The smallest absolute Gasteiger partial charge is 0.311 e. The van der Waals surface area contributed by atoms with Gasteiger partial charge in [0.25, 0.3) is 0 Å². The van der Waals surface area contributed by atoms with E-state index in [2.05, 4.69) is 9.97 Å². The Morgan fingerprint density at radius 3 is 2.79 bits per heavy atom. The minimum absolute atomic E-state index is 0.103. The lowest BCUT2D eigenvalue weighted by molar-refractivity contribution is -0.142. The third kappa shape index (κ3) is 4.20. The van der Waals surface area contributed by atoms with Crippen molar-refractivity contribution >= 4 is 17.3 Å². The second kappa shape index (κ2) is 7.74. The van der Waals surface area contributed by atoms with Crippen LogP contribution >= 0.6 is 11.3 Å². The quantitative estimate of drug-likeness (QED) is 0.611. The van der Waals surface area contributed by atoms with E-state index in [-0.39, 0.29) is 12.4 Å². The van der Waals surface area contributed by atoms with E-state index in [0.29, 0.717) is 24.8 Å². The lowest BCUT2D eigenvalue weighted by Crippen LogP contribution is -2.07. The predicted octanol–water partition coefficient (Wildman–Crippen LogP) is 3.48. The van der Waals surface area contributed by atoms with Crippen molar-refractivity contribution in [1.82, 2.24) is 9.97 Å². The molecule has 0 unspecified atom stereocenters. The standard InChI is InChI=1S/C17H16N2O4S/c1-2-21-16(20)7-13-8-23-17(19-13)12-3-5-15(6-4-12)22-9-14-10-24-11-18-14/h3-6,8,10-11H,2,7,9H2,1H3. The van der Waals surface area contributed by atoms with Gasteiger partial charge >= 0.3 is 5.97 Å². The lowest BCUT2D eigenvalue weighted by Gasteiger charge is -2.04. The second-order valence-corrected chi connectivity index (χ2v) is 5.64. The molecule has 124 valence electrons. The summed E-state index contributed by atoms with van der Waals surface area (Å²) in [7, 11) is 0. The average Bonchev–Trinajstić information content (AvgIpc) is 3.25. The molecule has 3 aromatic rings. The van der Waals surface area contributed by atoms with Gasteiger partial charge in [0.05, 0.1) is 29.9 Å². The number of rotatable bonds is 7. The summed E-state index contributed by atoms with van der Waals surface area (Å²) in [5, 5.41) is 1.95. The number of ether oxygens (including phenoxy) is 2. The molecule has 0 aliphatic rings. The van der Waals surface area contributed by atoms with Crippen LogP contribution in [0.4, 0.5) is 0 Å². The first kappa shape index (κ1) is 16.2. The summed E-state index contributed by atoms with van der Waals surface area (Å²) in [5.41, 5.74) is 4.04. The summed E-state index contributed by atoms with van der Waals surface area (Å²) < 4.78 is 16.0. The van der Waals surface area contributed by atoms with Gasteiger partial charge in [-0.1, -0.05) is 0 Å². The molecule has 0 aliphatic carbocycles. The number of carbonyl (C=O) groups is 1. The zero-order valence-corrected chi connectivity index (χ0v) is 13.9. The fourth-order valence-electron chi connectivity index (χ4n) is 2.04. The molecule has 3 rings (SSSR count). The molecule has 2 aromatic heterocycles. The van der Waals surface area contributed by atoms with Crippen LogP contribution in [0.3, 0.4) is 0 Å². The van der Waals surface area contributed by atoms with Crippen molar-refractivity contribution in [3.8, 4) is 17.2 Å². The molecule has 0 amide bonds. The van der Waals surface area contributed by atoms with E-state index >= 15 is 0 Å². The second-order valence-electron chi connectivity index (χ2n) is 4.92. The Hall–Kier alpha value is -2.67. The molecular weight excluding hydrogens is 328 g/mol. The van der Waals surface area contributed by atoms with Crippen LogP contribution in [-0.2, 0) is 22.6 Å². The lowest BCUT2D eigenvalue weighted by atomic mass is 10.2. The Balaban J connectivity index is 1.61. The number of hydrogen-bond acceptors (Lipinski definition) is 7. The van der Waals surface area contributed by atoms with Crippen LogP contribution in [0.15, 0.2) is 45.8 Å². The van der Waals surface area contributed by atoms with Gasteiger partial charge in [-0.3, -0.25) is 4.79 Å². The topological polar surface area (TPSA) is 74.5 Å². The Morgan fingerprint density at radius 2 is 2.08 bits per heavy atom. The summed E-state index contributed by atoms with van der Waals surface area (Å²) in [4.78, 5) is 19.9. The number of aromatic nitrogens is 2. The van der Waals surface area contributed by atoms with Crippen LogP contribution in [0.25, 0.3) is 11.5 Å². The molecule has 0 saturated heterocycles. The van der Waals surface area contributed by atoms with Crippen LogP contribution < -0.4 is 4.74 Å². The van der Waals surface area contributed by atoms with Gasteiger partial charge < -0.3 is 13.9 Å². The van der Waals surface area contributed by atoms with E-state index in [1.165, 1.54) is 17.6 Å². The number of oxazole rings is 1. The molecule has 6 nitrogen and oxygen atoms in total. The zero-order valence-electron chi connectivity index (χ0n) is 13.1. The zero-order chi connectivity index (χ0) is 16.8. The summed E-state index contributed by atoms with van der Waals surface area (Å²) in [5.74, 6) is 0.883. The Kier molecular flexibility index (Phi) is 5.22. The number of benzene rings is 1. The number of hydrogen-bond donors (Lipinski definition) is 0. The predicted molar refractivity (Wildman–Crippen MR) is 88.7 cm³/mol. The minimum atomic E-state index is -0.317. The van der Waals surface area contributed by atoms with Gasteiger partial charge in [-0.15, -0.1) is 11.3 Å². The highest BCUT2D eigenvalue weighted by atomic mass is 32.1. The summed E-state index contributed by atoms with van der Waals surface area (Å²) in [6.45, 7) is 2.56. The molecule has 0 N–H and O–H groups in total. The van der Waals surface area contributed by atoms with Crippen molar-refractivity contribution in [3.05, 3.63) is 52.8 Å². The molecule has 2 heterocycles. The maximum absolute atomic E-state index is 11.4. The van der Waals surface area contributed by atoms with Gasteiger partial charge in [-0.05, 0) is 31.2 Å². The van der Waals surface area contributed by atoms with Crippen molar-refractivity contribution in [2.45, 2.75) is 20.0 Å². The Labute approximate surface area is 143 Å². The maximum Gasteiger partial charge on any atom is 0.311 e. The molecule has 1 aromatic carbocycles. The van der Waals surface area contributed by atoms with Gasteiger partial charge in [-0.25, -0.2) is 9.97 Å². The Bertz CT molecular complexity index is 781. The molecular formula is C17H16N2O4S. The van der Waals surface area contributed by atoms with Crippen LogP contribution in [0.5, 0.6) is 5.75 Å². The fraction of sp³-hybridized carbons (Fsp3) is 0.235. The van der Waals surface area contributed by atoms with Crippen molar-refractivity contribution < 1.29 is 18.7 Å². The van der Waals surface area contributed by atoms with Gasteiger partial charge in [0.1, 0.15) is 18.6 Å². The molecule has 0 bridgehead atoms. The molecule has 0 radical (unpaired) electrons. The van der Waals surface area contributed by atoms with Crippen molar-refractivity contribution in [3.63, 3.8) is 0 Å². The van der Waals surface area contributed by atoms with E-state index in [4.69, 9.17) is 13.9 Å². The number of esters is 1. The molecule has 0 saturated carbocycles. The first-order chi connectivity index (χ1) is 11.7. The third-order valence-corrected chi connectivity index (χ3v) is 3.79. The first-order valence-electron chi connectivity index (χ1n) is 7.45. The summed E-state index contributed by atoms with van der Waals surface area (Å²) >= 11 is 1.54. The fourth-order valence-corrected chi connectivity index (χ4v) is 2.58. The van der Waals surface area contributed by atoms with Gasteiger partial charge in [0.15, 0.2) is 0 Å². The highest BCUT2D eigenvalue weighted by Crippen LogP contribution is 2.22. The average molecular weight is 344 g/mol. The molecule has 0 spiro atoms. The highest BCUT2D eigenvalue weighted by Gasteiger charge is 2.11. The van der Waals surface area contributed by atoms with Gasteiger partial charge in [0, 0.05) is 10.9 Å². The van der Waals surface area contributed by atoms with Crippen molar-refractivity contribution in [2.75, 3.05) is 6.61 Å². The molecule has 24 heavy (non-hydrogen) atoms. The van der Waals surface area contributed by atoms with Crippen LogP contribution in [0.2, 0.25) is 0 Å². The molecule has 0 fully saturated rings. The summed E-state index contributed by atoms with van der Waals surface area (Å²) in [6.07, 6.45) is 1.57. The van der Waals surface area contributed by atoms with E-state index in [1.54, 1.807) is 12.4 Å². The minimum Gasteiger partial charge on any atom is -0.487 e. The third-order valence-electron chi connectivity index (χ3n) is 3.15. The largest absolute Gasteiger partial charge is 0.487 e. The van der Waals surface area contributed by atoms with Crippen molar-refractivity contribution in [2.24, 2.45) is 0 Å². The van der Waals surface area contributed by atoms with E-state index in [1.807, 2.05) is 29.6 Å². The monoisotopic (exact) mass is 344 g/mol. The highest BCUT2D eigenvalue weighted by molar-refractivity contribution is 7.07. The SMILES string of the molecule is CCOC(=O)Cc1coc(-c2ccc(OCc3cscn3)cc2)n1. The number of thiazole rings is 1. The number of nitrogens with zero attached hydrogens (tertiary/aromatic N) is 2. The van der Waals surface area contributed by atoms with E-state index in [0.717, 1.165) is 17.0 Å². The van der Waals surface area contributed by atoms with Crippen LogP contribution in [-0.4, -0.2) is 22.5 Å². The maximum atomic E-state index is 11.4. The number of carbonyl (C=O) groups excluding carboxylic acids is 1. The van der Waals surface area contributed by atoms with Crippen molar-refractivity contribution in [1.29, 1.82) is 0 Å². The van der Waals surface area contributed by atoms with E-state index in [9.17, 15) is 4.79 Å². The molecule has 0 atom stereocenters. The van der Waals surface area contributed by atoms with Gasteiger partial charge in [0.2, 0.25) is 5.89 Å². The summed E-state index contributed by atoms with van der Waals surface area (Å²) in [6, 6.07) is 7.40. The molecule has 0 aliphatic heterocycles. The van der Waals surface area contributed by atoms with E-state index < -0.39 is 0 Å². The normalized spacial score (nSPS) is 10.5. The van der Waals surface area contributed by atoms with Crippen LogP contribution in [0.1, 0.15) is 18.3 Å².